The van der Waals surface area contributed by atoms with Gasteiger partial charge in [-0.3, -0.25) is 4.98 Å². The minimum absolute atomic E-state index is 0.0155. The summed E-state index contributed by atoms with van der Waals surface area (Å²) in [6, 6.07) is 4.84. The fourth-order valence-corrected chi connectivity index (χ4v) is 2.49. The van der Waals surface area contributed by atoms with Crippen LogP contribution >= 0.6 is 0 Å². The number of pyridine rings is 1. The fraction of sp³-hybridized carbons (Fsp3) is 0.643. The van der Waals surface area contributed by atoms with E-state index < -0.39 is 0 Å². The van der Waals surface area contributed by atoms with E-state index >= 15 is 0 Å². The first kappa shape index (κ1) is 12.4. The summed E-state index contributed by atoms with van der Waals surface area (Å²) < 4.78 is 0. The Morgan fingerprint density at radius 3 is 2.71 bits per heavy atom. The lowest BCUT2D eigenvalue weighted by Gasteiger charge is -2.38. The van der Waals surface area contributed by atoms with Gasteiger partial charge >= 0.3 is 0 Å². The second-order valence-electron chi connectivity index (χ2n) is 5.41. The van der Waals surface area contributed by atoms with Crippen molar-refractivity contribution in [1.29, 1.82) is 0 Å². The van der Waals surface area contributed by atoms with Crippen molar-refractivity contribution >= 4 is 5.69 Å². The van der Waals surface area contributed by atoms with Crippen molar-refractivity contribution in [3.63, 3.8) is 0 Å². The van der Waals surface area contributed by atoms with Gasteiger partial charge in [0.1, 0.15) is 0 Å². The van der Waals surface area contributed by atoms with Crippen LogP contribution in [0.3, 0.4) is 0 Å². The Morgan fingerprint density at radius 2 is 2.12 bits per heavy atom. The number of nitrogens with zero attached hydrogens (tertiary/aromatic N) is 2. The first-order valence-corrected chi connectivity index (χ1v) is 6.56. The number of piperidine rings is 1. The summed E-state index contributed by atoms with van der Waals surface area (Å²) in [6.45, 7) is 7.72. The second-order valence-corrected chi connectivity index (χ2v) is 5.41. The van der Waals surface area contributed by atoms with Crippen molar-refractivity contribution in [3.8, 4) is 0 Å². The average Bonchev–Trinajstić information content (AvgIpc) is 2.32. The SMILES string of the molecule is CC1CCC(C)N(c2ccc(C(C)N)nc2)C1. The zero-order valence-corrected chi connectivity index (χ0v) is 11.1. The van der Waals surface area contributed by atoms with Crippen molar-refractivity contribution in [2.45, 2.75) is 45.7 Å². The molecule has 3 nitrogen and oxygen atoms in total. The van der Waals surface area contributed by atoms with Crippen LogP contribution in [0.1, 0.15) is 45.3 Å². The van der Waals surface area contributed by atoms with Crippen LogP contribution in [0.5, 0.6) is 0 Å². The molecule has 3 atom stereocenters. The van der Waals surface area contributed by atoms with Crippen LogP contribution in [-0.4, -0.2) is 17.6 Å². The molecular formula is C14H23N3. The van der Waals surface area contributed by atoms with Crippen molar-refractivity contribution in [3.05, 3.63) is 24.0 Å². The molecule has 2 rings (SSSR count). The predicted molar refractivity (Wildman–Crippen MR) is 72.0 cm³/mol. The zero-order valence-electron chi connectivity index (χ0n) is 11.1. The molecule has 1 aromatic rings. The Bertz CT molecular complexity index is 358. The molecule has 1 aromatic heterocycles. The van der Waals surface area contributed by atoms with Gasteiger partial charge in [-0.2, -0.15) is 0 Å². The number of anilines is 1. The Labute approximate surface area is 104 Å². The Hall–Kier alpha value is -1.09. The number of hydrogen-bond donors (Lipinski definition) is 1. The molecule has 0 spiro atoms. The van der Waals surface area contributed by atoms with Crippen LogP contribution in [0, 0.1) is 5.92 Å². The van der Waals surface area contributed by atoms with E-state index in [0.29, 0.717) is 6.04 Å². The second kappa shape index (κ2) is 5.05. The summed E-state index contributed by atoms with van der Waals surface area (Å²) in [4.78, 5) is 6.91. The minimum atomic E-state index is 0.0155. The third-order valence-electron chi connectivity index (χ3n) is 3.69. The van der Waals surface area contributed by atoms with Gasteiger partial charge in [0.2, 0.25) is 0 Å². The molecular weight excluding hydrogens is 210 g/mol. The van der Waals surface area contributed by atoms with Crippen molar-refractivity contribution in [1.82, 2.24) is 4.98 Å². The van der Waals surface area contributed by atoms with E-state index in [-0.39, 0.29) is 6.04 Å². The molecule has 2 N–H and O–H groups in total. The molecule has 3 unspecified atom stereocenters. The molecule has 1 aliphatic rings. The van der Waals surface area contributed by atoms with Crippen molar-refractivity contribution in [2.75, 3.05) is 11.4 Å². The lowest BCUT2D eigenvalue weighted by atomic mass is 9.94. The standard InChI is InChI=1S/C14H23N3/c1-10-4-5-11(2)17(9-10)13-6-7-14(12(3)15)16-8-13/h6-8,10-12H,4-5,9,15H2,1-3H3. The largest absolute Gasteiger partial charge is 0.367 e. The quantitative estimate of drug-likeness (QED) is 0.854. The summed E-state index contributed by atoms with van der Waals surface area (Å²) in [7, 11) is 0. The number of rotatable bonds is 2. The molecule has 2 heterocycles. The molecule has 1 fully saturated rings. The lowest BCUT2D eigenvalue weighted by Crippen LogP contribution is -2.41. The van der Waals surface area contributed by atoms with Gasteiger partial charge in [0, 0.05) is 18.6 Å². The van der Waals surface area contributed by atoms with Crippen LogP contribution in [0.25, 0.3) is 0 Å². The highest BCUT2D eigenvalue weighted by Crippen LogP contribution is 2.27. The van der Waals surface area contributed by atoms with Gasteiger partial charge < -0.3 is 10.6 Å². The maximum Gasteiger partial charge on any atom is 0.0569 e. The van der Waals surface area contributed by atoms with E-state index in [9.17, 15) is 0 Å². The molecule has 1 aliphatic heterocycles. The van der Waals surface area contributed by atoms with E-state index in [0.717, 1.165) is 18.2 Å². The maximum atomic E-state index is 5.82. The van der Waals surface area contributed by atoms with Gasteiger partial charge in [0.15, 0.2) is 0 Å². The first-order valence-electron chi connectivity index (χ1n) is 6.56. The monoisotopic (exact) mass is 233 g/mol. The Kier molecular flexibility index (Phi) is 3.67. The Morgan fingerprint density at radius 1 is 1.35 bits per heavy atom. The third kappa shape index (κ3) is 2.78. The molecule has 17 heavy (non-hydrogen) atoms. The van der Waals surface area contributed by atoms with Crippen molar-refractivity contribution in [2.24, 2.45) is 11.7 Å². The highest BCUT2D eigenvalue weighted by atomic mass is 15.2. The van der Waals surface area contributed by atoms with Crippen LogP contribution in [-0.2, 0) is 0 Å². The lowest BCUT2D eigenvalue weighted by molar-refractivity contribution is 0.390. The summed E-state index contributed by atoms with van der Waals surface area (Å²) in [6.07, 6.45) is 4.58. The molecule has 0 bridgehead atoms. The van der Waals surface area contributed by atoms with Gasteiger partial charge in [-0.05, 0) is 44.7 Å². The van der Waals surface area contributed by atoms with E-state index in [1.807, 2.05) is 19.2 Å². The molecule has 0 aromatic carbocycles. The van der Waals surface area contributed by atoms with Crippen molar-refractivity contribution < 1.29 is 0 Å². The molecule has 0 radical (unpaired) electrons. The number of nitrogens with two attached hydrogens (primary N) is 1. The van der Waals surface area contributed by atoms with E-state index in [4.69, 9.17) is 5.73 Å². The number of aromatic nitrogens is 1. The summed E-state index contributed by atoms with van der Waals surface area (Å²) in [5, 5.41) is 0. The van der Waals surface area contributed by atoms with Gasteiger partial charge in [-0.25, -0.2) is 0 Å². The molecule has 94 valence electrons. The molecule has 0 aliphatic carbocycles. The molecule has 3 heteroatoms. The normalized spacial score (nSPS) is 26.9. The average molecular weight is 233 g/mol. The summed E-state index contributed by atoms with van der Waals surface area (Å²) in [5.41, 5.74) is 8.01. The zero-order chi connectivity index (χ0) is 12.4. The minimum Gasteiger partial charge on any atom is -0.367 e. The summed E-state index contributed by atoms with van der Waals surface area (Å²) >= 11 is 0. The van der Waals surface area contributed by atoms with Crippen LogP contribution in [0.15, 0.2) is 18.3 Å². The van der Waals surface area contributed by atoms with Gasteiger partial charge in [0.05, 0.1) is 17.6 Å². The van der Waals surface area contributed by atoms with Crippen LogP contribution < -0.4 is 10.6 Å². The van der Waals surface area contributed by atoms with E-state index in [1.165, 1.54) is 18.5 Å². The molecule has 0 amide bonds. The Balaban J connectivity index is 2.15. The highest BCUT2D eigenvalue weighted by Gasteiger charge is 2.23. The van der Waals surface area contributed by atoms with Crippen LogP contribution in [0.4, 0.5) is 5.69 Å². The van der Waals surface area contributed by atoms with Crippen LogP contribution in [0.2, 0.25) is 0 Å². The first-order chi connectivity index (χ1) is 8.08. The highest BCUT2D eigenvalue weighted by molar-refractivity contribution is 5.46. The predicted octanol–water partition coefficient (Wildman–Crippen LogP) is 2.73. The summed E-state index contributed by atoms with van der Waals surface area (Å²) in [5.74, 6) is 0.777. The molecule has 1 saturated heterocycles. The van der Waals surface area contributed by atoms with E-state index in [1.54, 1.807) is 0 Å². The smallest absolute Gasteiger partial charge is 0.0569 e. The maximum absolute atomic E-state index is 5.82. The van der Waals surface area contributed by atoms with E-state index in [2.05, 4.69) is 29.8 Å². The number of hydrogen-bond acceptors (Lipinski definition) is 3. The van der Waals surface area contributed by atoms with Gasteiger partial charge in [-0.1, -0.05) is 6.92 Å². The van der Waals surface area contributed by atoms with Gasteiger partial charge in [0.25, 0.3) is 0 Å². The third-order valence-corrected chi connectivity index (χ3v) is 3.69. The topological polar surface area (TPSA) is 42.1 Å². The molecule has 0 saturated carbocycles. The van der Waals surface area contributed by atoms with Gasteiger partial charge in [-0.15, -0.1) is 0 Å². The fourth-order valence-electron chi connectivity index (χ4n) is 2.49.